The average molecular weight is 498 g/mol. The third-order valence-corrected chi connectivity index (χ3v) is 5.76. The maximum atomic E-state index is 14.0. The topological polar surface area (TPSA) is 72.5 Å². The van der Waals surface area contributed by atoms with E-state index in [1.807, 2.05) is 30.3 Å². The van der Waals surface area contributed by atoms with Crippen LogP contribution in [0.5, 0.6) is 0 Å². The number of Topliss-reactive ketones (excluding diaryl/α,β-unsaturated/α-hetero) is 1. The Morgan fingerprint density at radius 2 is 1.36 bits per heavy atom. The van der Waals surface area contributed by atoms with Crippen molar-refractivity contribution in [1.29, 1.82) is 0 Å². The Kier molecular flexibility index (Phi) is 9.39. The minimum Gasteiger partial charge on any atom is -0.469 e. The molecule has 0 spiro atoms. The fourth-order valence-electron chi connectivity index (χ4n) is 3.93. The molecule has 36 heavy (non-hydrogen) atoms. The predicted molar refractivity (Wildman–Crippen MR) is 127 cm³/mol. The van der Waals surface area contributed by atoms with Crippen LogP contribution in [0.1, 0.15) is 23.1 Å². The quantitative estimate of drug-likeness (QED) is 0.400. The van der Waals surface area contributed by atoms with Crippen molar-refractivity contribution in [1.82, 2.24) is 5.32 Å². The van der Waals surface area contributed by atoms with E-state index in [1.54, 1.807) is 30.3 Å². The molecule has 0 aliphatic heterocycles. The van der Waals surface area contributed by atoms with Crippen molar-refractivity contribution in [2.75, 3.05) is 7.11 Å². The van der Waals surface area contributed by atoms with E-state index >= 15 is 0 Å². The average Bonchev–Trinajstić information content (AvgIpc) is 2.86. The smallest absolute Gasteiger partial charge is 0.309 e. The fraction of sp³-hybridized carbons (Fsp3) is 0.250. The number of methoxy groups -OCH3 is 1. The molecule has 3 rings (SSSR count). The van der Waals surface area contributed by atoms with Crippen molar-refractivity contribution in [3.8, 4) is 0 Å². The van der Waals surface area contributed by atoms with E-state index in [1.165, 1.54) is 7.11 Å². The van der Waals surface area contributed by atoms with E-state index in [4.69, 9.17) is 4.74 Å². The first-order valence-electron chi connectivity index (χ1n) is 11.4. The van der Waals surface area contributed by atoms with Crippen molar-refractivity contribution < 1.29 is 32.3 Å². The summed E-state index contributed by atoms with van der Waals surface area (Å²) in [6.07, 6.45) is -0.560. The summed E-state index contributed by atoms with van der Waals surface area (Å²) in [4.78, 5) is 38.4. The number of ketones is 1. The Morgan fingerprint density at radius 3 is 1.89 bits per heavy atom. The number of hydrogen-bond acceptors (Lipinski definition) is 4. The Morgan fingerprint density at radius 1 is 0.833 bits per heavy atom. The van der Waals surface area contributed by atoms with Crippen LogP contribution in [0.15, 0.2) is 72.8 Å². The second-order valence-corrected chi connectivity index (χ2v) is 8.41. The number of esters is 1. The maximum absolute atomic E-state index is 14.0. The largest absolute Gasteiger partial charge is 0.469 e. The summed E-state index contributed by atoms with van der Waals surface area (Å²) in [5.74, 6) is -6.08. The number of nitrogens with one attached hydrogen (secondary N) is 1. The van der Waals surface area contributed by atoms with Crippen molar-refractivity contribution in [2.45, 2.75) is 31.7 Å². The molecule has 5 nitrogen and oxygen atoms in total. The van der Waals surface area contributed by atoms with Gasteiger partial charge in [-0.1, -0.05) is 60.7 Å². The SMILES string of the molecule is COC(=O)[C@@H](CC(=O)[C@H](Cc1ccccc1)NC(=O)Cc1c(F)cc(F)cc1F)Cc1ccccc1. The molecule has 0 aromatic heterocycles. The molecule has 0 fully saturated rings. The lowest BCUT2D eigenvalue weighted by molar-refractivity contribution is -0.147. The zero-order valence-corrected chi connectivity index (χ0v) is 19.7. The lowest BCUT2D eigenvalue weighted by Crippen LogP contribution is -2.44. The summed E-state index contributed by atoms with van der Waals surface area (Å²) < 4.78 is 46.2. The Labute approximate surface area is 207 Å². The number of ether oxygens (including phenoxy) is 1. The Bertz CT molecular complexity index is 1180. The van der Waals surface area contributed by atoms with Crippen LogP contribution in [0, 0.1) is 23.4 Å². The molecule has 3 aromatic rings. The van der Waals surface area contributed by atoms with Gasteiger partial charge in [-0.25, -0.2) is 13.2 Å². The van der Waals surface area contributed by atoms with Crippen molar-refractivity contribution in [2.24, 2.45) is 5.92 Å². The number of amides is 1. The van der Waals surface area contributed by atoms with Gasteiger partial charge < -0.3 is 10.1 Å². The number of rotatable bonds is 11. The van der Waals surface area contributed by atoms with Gasteiger partial charge in [0.15, 0.2) is 5.78 Å². The standard InChI is InChI=1S/C28H26F3NO4/c1-36-28(35)20(12-18-8-4-2-5-9-18)14-26(33)25(13-19-10-6-3-7-11-19)32-27(34)17-22-23(30)15-21(29)16-24(22)31/h2-11,15-16,20,25H,12-14,17H2,1H3,(H,32,34)/t20-,25+/m1/s1. The van der Waals surface area contributed by atoms with Gasteiger partial charge in [0.2, 0.25) is 5.91 Å². The first-order valence-corrected chi connectivity index (χ1v) is 11.4. The summed E-state index contributed by atoms with van der Waals surface area (Å²) in [7, 11) is 1.24. The Hall–Kier alpha value is -3.94. The van der Waals surface area contributed by atoms with Gasteiger partial charge in [-0.05, 0) is 24.0 Å². The number of benzene rings is 3. The molecular formula is C28H26F3NO4. The summed E-state index contributed by atoms with van der Waals surface area (Å²) in [6.45, 7) is 0. The molecular weight excluding hydrogens is 471 g/mol. The van der Waals surface area contributed by atoms with Crippen molar-refractivity contribution >= 4 is 17.7 Å². The van der Waals surface area contributed by atoms with Crippen LogP contribution in [-0.4, -0.2) is 30.8 Å². The molecule has 0 radical (unpaired) electrons. The number of hydrogen-bond donors (Lipinski definition) is 1. The van der Waals surface area contributed by atoms with Gasteiger partial charge in [0.25, 0.3) is 0 Å². The number of halogens is 3. The van der Waals surface area contributed by atoms with E-state index in [2.05, 4.69) is 5.32 Å². The lowest BCUT2D eigenvalue weighted by Gasteiger charge is -2.21. The fourth-order valence-corrected chi connectivity index (χ4v) is 3.93. The van der Waals surface area contributed by atoms with Crippen molar-refractivity contribution in [3.05, 3.63) is 107 Å². The molecule has 2 atom stereocenters. The summed E-state index contributed by atoms with van der Waals surface area (Å²) >= 11 is 0. The zero-order valence-electron chi connectivity index (χ0n) is 19.7. The molecule has 188 valence electrons. The third kappa shape index (κ3) is 7.53. The minimum absolute atomic E-state index is 0.110. The van der Waals surface area contributed by atoms with Crippen LogP contribution in [0.2, 0.25) is 0 Å². The van der Waals surface area contributed by atoms with Gasteiger partial charge in [0.05, 0.1) is 25.5 Å². The molecule has 0 saturated carbocycles. The molecule has 0 heterocycles. The van der Waals surface area contributed by atoms with Gasteiger partial charge in [0, 0.05) is 24.1 Å². The molecule has 0 bridgehead atoms. The second-order valence-electron chi connectivity index (χ2n) is 8.41. The van der Waals surface area contributed by atoms with Crippen LogP contribution in [0.25, 0.3) is 0 Å². The van der Waals surface area contributed by atoms with Crippen LogP contribution in [0.4, 0.5) is 13.2 Å². The van der Waals surface area contributed by atoms with Gasteiger partial charge >= 0.3 is 5.97 Å². The molecule has 3 aromatic carbocycles. The second kappa shape index (κ2) is 12.7. The zero-order chi connectivity index (χ0) is 26.1. The highest BCUT2D eigenvalue weighted by Gasteiger charge is 2.29. The molecule has 0 aliphatic rings. The van der Waals surface area contributed by atoms with Gasteiger partial charge in [0.1, 0.15) is 17.5 Å². The molecule has 1 N–H and O–H groups in total. The summed E-state index contributed by atoms with van der Waals surface area (Å²) in [5, 5.41) is 2.54. The van der Waals surface area contributed by atoms with E-state index in [0.717, 1.165) is 11.1 Å². The molecule has 1 amide bonds. The monoisotopic (exact) mass is 497 g/mol. The molecule has 0 saturated heterocycles. The van der Waals surface area contributed by atoms with Crippen LogP contribution in [-0.2, 0) is 38.4 Å². The molecule has 8 heteroatoms. The van der Waals surface area contributed by atoms with E-state index in [9.17, 15) is 27.6 Å². The Balaban J connectivity index is 1.79. The number of carbonyl (C=O) groups excluding carboxylic acids is 3. The highest BCUT2D eigenvalue weighted by atomic mass is 19.1. The summed E-state index contributed by atoms with van der Waals surface area (Å²) in [6, 6.07) is 17.9. The van der Waals surface area contributed by atoms with E-state index in [0.29, 0.717) is 12.1 Å². The predicted octanol–water partition coefficient (Wildman–Crippen LogP) is 4.37. The highest BCUT2D eigenvalue weighted by molar-refractivity contribution is 5.92. The van der Waals surface area contributed by atoms with E-state index in [-0.39, 0.29) is 19.3 Å². The first-order chi connectivity index (χ1) is 17.3. The first kappa shape index (κ1) is 26.7. The van der Waals surface area contributed by atoms with E-state index < -0.39 is 59.1 Å². The van der Waals surface area contributed by atoms with Crippen molar-refractivity contribution in [3.63, 3.8) is 0 Å². The molecule has 0 unspecified atom stereocenters. The lowest BCUT2D eigenvalue weighted by atomic mass is 9.90. The van der Waals surface area contributed by atoms with Gasteiger partial charge in [-0.15, -0.1) is 0 Å². The van der Waals surface area contributed by atoms with Crippen LogP contribution < -0.4 is 5.32 Å². The van der Waals surface area contributed by atoms with Crippen LogP contribution >= 0.6 is 0 Å². The number of carbonyl (C=O) groups is 3. The normalized spacial score (nSPS) is 12.4. The third-order valence-electron chi connectivity index (χ3n) is 5.76. The minimum atomic E-state index is -1.19. The van der Waals surface area contributed by atoms with Gasteiger partial charge in [-0.2, -0.15) is 0 Å². The van der Waals surface area contributed by atoms with Gasteiger partial charge in [-0.3, -0.25) is 14.4 Å². The highest BCUT2D eigenvalue weighted by Crippen LogP contribution is 2.18. The summed E-state index contributed by atoms with van der Waals surface area (Å²) in [5.41, 5.74) is 0.982. The maximum Gasteiger partial charge on any atom is 0.309 e. The molecule has 0 aliphatic carbocycles. The van der Waals surface area contributed by atoms with Crippen LogP contribution in [0.3, 0.4) is 0 Å².